The summed E-state index contributed by atoms with van der Waals surface area (Å²) in [4.78, 5) is 53.6. The van der Waals surface area contributed by atoms with Gasteiger partial charge in [-0.05, 0) is 51.0 Å². The lowest BCUT2D eigenvalue weighted by atomic mass is 10.0. The van der Waals surface area contributed by atoms with Crippen LogP contribution >= 0.6 is 12.6 Å². The molecule has 0 aromatic heterocycles. The number of thiol groups is 1. The number of carboxylic acid groups (broad SMARTS) is 1. The molecule has 0 aromatic carbocycles. The van der Waals surface area contributed by atoms with Gasteiger partial charge in [0, 0.05) is 12.3 Å². The highest BCUT2D eigenvalue weighted by atomic mass is 32.1. The van der Waals surface area contributed by atoms with Crippen molar-refractivity contribution in [3.63, 3.8) is 0 Å². The van der Waals surface area contributed by atoms with Crippen molar-refractivity contribution in [1.82, 2.24) is 16.0 Å². The molecule has 14 heteroatoms. The van der Waals surface area contributed by atoms with E-state index in [9.17, 15) is 24.3 Å². The van der Waals surface area contributed by atoms with E-state index in [-0.39, 0.29) is 30.6 Å². The summed E-state index contributed by atoms with van der Waals surface area (Å²) in [6.45, 7) is 4.49. The maximum atomic E-state index is 13.1. The lowest BCUT2D eigenvalue weighted by molar-refractivity contribution is -0.141. The van der Waals surface area contributed by atoms with Gasteiger partial charge in [-0.15, -0.1) is 0 Å². The third-order valence-electron chi connectivity index (χ3n) is 5.02. The van der Waals surface area contributed by atoms with Crippen LogP contribution in [0.25, 0.3) is 0 Å². The first kappa shape index (κ1) is 32.4. The monoisotopic (exact) mass is 518 g/mol. The number of hydrogen-bond donors (Lipinski definition) is 9. The van der Waals surface area contributed by atoms with Gasteiger partial charge in [-0.1, -0.05) is 13.8 Å². The maximum absolute atomic E-state index is 13.1. The molecular weight excluding hydrogens is 476 g/mol. The summed E-state index contributed by atoms with van der Waals surface area (Å²) in [5.74, 6) is -3.09. The van der Waals surface area contributed by atoms with Gasteiger partial charge in [0.15, 0.2) is 5.96 Å². The van der Waals surface area contributed by atoms with Gasteiger partial charge >= 0.3 is 5.97 Å². The van der Waals surface area contributed by atoms with E-state index < -0.39 is 47.9 Å². The van der Waals surface area contributed by atoms with Crippen LogP contribution < -0.4 is 38.9 Å². The summed E-state index contributed by atoms with van der Waals surface area (Å²) in [5.41, 5.74) is 22.1. The Morgan fingerprint density at radius 3 is 1.86 bits per heavy atom. The molecule has 35 heavy (non-hydrogen) atoms. The highest BCUT2D eigenvalue weighted by molar-refractivity contribution is 7.80. The summed E-state index contributed by atoms with van der Waals surface area (Å²) < 4.78 is 0. The van der Waals surface area contributed by atoms with E-state index in [1.807, 2.05) is 13.8 Å². The second kappa shape index (κ2) is 17.8. The van der Waals surface area contributed by atoms with Crippen LogP contribution in [-0.4, -0.2) is 77.8 Å². The van der Waals surface area contributed by atoms with Crippen LogP contribution in [0.5, 0.6) is 0 Å². The first-order chi connectivity index (χ1) is 16.4. The van der Waals surface area contributed by atoms with E-state index in [0.29, 0.717) is 38.6 Å². The molecule has 0 rings (SSSR count). The van der Waals surface area contributed by atoms with E-state index in [4.69, 9.17) is 22.9 Å². The number of aliphatic carboxylic acids is 1. The molecule has 0 aliphatic rings. The van der Waals surface area contributed by atoms with Crippen LogP contribution in [0.1, 0.15) is 52.4 Å². The standard InChI is InChI=1S/C21H42N8O5S/c1-12(2)10-13(23)17(30)27-14(6-3-4-8-22)18(31)28-15(7-5-9-26-21(24)25)19(32)29-16(11-35)20(33)34/h12-16,35H,3-11,22-23H2,1-2H3,(H,27,30)(H,28,31)(H,29,32)(H,33,34)(H4,24,25,26). The van der Waals surface area contributed by atoms with Crippen molar-refractivity contribution in [2.45, 2.75) is 76.5 Å². The number of guanidine groups is 1. The summed E-state index contributed by atoms with van der Waals surface area (Å²) in [6, 6.07) is -4.06. The number of carbonyl (C=O) groups excluding carboxylic acids is 3. The van der Waals surface area contributed by atoms with Gasteiger partial charge in [0.1, 0.15) is 18.1 Å². The molecular formula is C21H42N8O5S. The van der Waals surface area contributed by atoms with Crippen molar-refractivity contribution in [3.8, 4) is 0 Å². The van der Waals surface area contributed by atoms with Gasteiger partial charge < -0.3 is 44.0 Å². The van der Waals surface area contributed by atoms with E-state index in [2.05, 4.69) is 33.6 Å². The predicted octanol–water partition coefficient (Wildman–Crippen LogP) is -1.99. The number of aliphatic imine (C=N–C) groups is 1. The molecule has 0 fully saturated rings. The van der Waals surface area contributed by atoms with Gasteiger partial charge in [0.05, 0.1) is 6.04 Å². The third kappa shape index (κ3) is 14.4. The average molecular weight is 519 g/mol. The Labute approximate surface area is 212 Å². The van der Waals surface area contributed by atoms with E-state index in [0.717, 1.165) is 0 Å². The second-order valence-electron chi connectivity index (χ2n) is 8.67. The van der Waals surface area contributed by atoms with Crippen LogP contribution in [0.2, 0.25) is 0 Å². The number of nitrogens with zero attached hydrogens (tertiary/aromatic N) is 1. The first-order valence-corrected chi connectivity index (χ1v) is 12.3. The number of hydrogen-bond acceptors (Lipinski definition) is 8. The molecule has 0 radical (unpaired) electrons. The maximum Gasteiger partial charge on any atom is 0.327 e. The normalized spacial score (nSPS) is 14.3. The largest absolute Gasteiger partial charge is 0.480 e. The number of amides is 3. The predicted molar refractivity (Wildman–Crippen MR) is 138 cm³/mol. The molecule has 0 aromatic rings. The molecule has 13 nitrogen and oxygen atoms in total. The van der Waals surface area contributed by atoms with Crippen LogP contribution in [0.4, 0.5) is 0 Å². The number of nitrogens with one attached hydrogen (secondary N) is 3. The van der Waals surface area contributed by atoms with Gasteiger partial charge in [0.25, 0.3) is 0 Å². The van der Waals surface area contributed by atoms with Gasteiger partial charge in [-0.25, -0.2) is 4.79 Å². The van der Waals surface area contributed by atoms with Crippen molar-refractivity contribution in [1.29, 1.82) is 0 Å². The van der Waals surface area contributed by atoms with Crippen molar-refractivity contribution in [2.75, 3.05) is 18.8 Å². The van der Waals surface area contributed by atoms with Crippen LogP contribution in [0, 0.1) is 5.92 Å². The quantitative estimate of drug-likeness (QED) is 0.0421. The second-order valence-corrected chi connectivity index (χ2v) is 9.04. The zero-order valence-corrected chi connectivity index (χ0v) is 21.4. The van der Waals surface area contributed by atoms with Gasteiger partial charge in [-0.2, -0.15) is 12.6 Å². The van der Waals surface area contributed by atoms with Crippen LogP contribution in [0.15, 0.2) is 4.99 Å². The molecule has 202 valence electrons. The molecule has 0 aliphatic carbocycles. The Balaban J connectivity index is 5.52. The fourth-order valence-electron chi connectivity index (χ4n) is 3.16. The Hall–Kier alpha value is -2.58. The van der Waals surface area contributed by atoms with Crippen LogP contribution in [0.3, 0.4) is 0 Å². The smallest absolute Gasteiger partial charge is 0.327 e. The number of carbonyl (C=O) groups is 4. The third-order valence-corrected chi connectivity index (χ3v) is 5.38. The van der Waals surface area contributed by atoms with E-state index in [1.54, 1.807) is 0 Å². The Bertz CT molecular complexity index is 718. The van der Waals surface area contributed by atoms with E-state index in [1.165, 1.54) is 0 Å². The molecule has 4 unspecified atom stereocenters. The van der Waals surface area contributed by atoms with Crippen molar-refractivity contribution in [2.24, 2.45) is 33.8 Å². The topological polar surface area (TPSA) is 241 Å². The molecule has 0 bridgehead atoms. The number of unbranched alkanes of at least 4 members (excludes halogenated alkanes) is 1. The molecule has 0 spiro atoms. The Morgan fingerprint density at radius 2 is 1.40 bits per heavy atom. The fourth-order valence-corrected chi connectivity index (χ4v) is 3.41. The highest BCUT2D eigenvalue weighted by Gasteiger charge is 2.29. The molecule has 0 heterocycles. The summed E-state index contributed by atoms with van der Waals surface area (Å²) in [5, 5.41) is 16.9. The van der Waals surface area contributed by atoms with Crippen molar-refractivity contribution >= 4 is 42.3 Å². The fraction of sp³-hybridized carbons (Fsp3) is 0.762. The lowest BCUT2D eigenvalue weighted by Crippen LogP contribution is -2.57. The van der Waals surface area contributed by atoms with Crippen molar-refractivity contribution < 1.29 is 24.3 Å². The number of nitrogens with two attached hydrogens (primary N) is 4. The van der Waals surface area contributed by atoms with E-state index >= 15 is 0 Å². The summed E-state index contributed by atoms with van der Waals surface area (Å²) in [7, 11) is 0. The zero-order valence-electron chi connectivity index (χ0n) is 20.5. The molecule has 4 atom stereocenters. The Kier molecular flexibility index (Phi) is 16.5. The Morgan fingerprint density at radius 1 is 0.886 bits per heavy atom. The highest BCUT2D eigenvalue weighted by Crippen LogP contribution is 2.07. The molecule has 0 saturated heterocycles. The zero-order chi connectivity index (χ0) is 27.0. The SMILES string of the molecule is CC(C)CC(N)C(=O)NC(CCCCN)C(=O)NC(CCCN=C(N)N)C(=O)NC(CS)C(=O)O. The lowest BCUT2D eigenvalue weighted by Gasteiger charge is -2.25. The number of carboxylic acids is 1. The summed E-state index contributed by atoms with van der Waals surface area (Å²) >= 11 is 3.94. The minimum absolute atomic E-state index is 0.114. The van der Waals surface area contributed by atoms with Crippen molar-refractivity contribution in [3.05, 3.63) is 0 Å². The van der Waals surface area contributed by atoms with Gasteiger partial charge in [-0.3, -0.25) is 19.4 Å². The molecule has 0 saturated carbocycles. The first-order valence-electron chi connectivity index (χ1n) is 11.7. The molecule has 3 amide bonds. The average Bonchev–Trinajstić information content (AvgIpc) is 2.77. The minimum Gasteiger partial charge on any atom is -0.480 e. The number of rotatable bonds is 18. The van der Waals surface area contributed by atoms with Crippen LogP contribution in [-0.2, 0) is 19.2 Å². The summed E-state index contributed by atoms with van der Waals surface area (Å²) in [6.07, 6.45) is 2.40. The van der Waals surface area contributed by atoms with Gasteiger partial charge in [0.2, 0.25) is 17.7 Å². The minimum atomic E-state index is -1.26. The molecule has 0 aliphatic heterocycles. The molecule has 12 N–H and O–H groups in total.